The van der Waals surface area contributed by atoms with E-state index >= 15 is 0 Å². The number of anilines is 3. The second-order valence-corrected chi connectivity index (χ2v) is 16.2. The fourth-order valence-corrected chi connectivity index (χ4v) is 11.8. The van der Waals surface area contributed by atoms with Gasteiger partial charge in [-0.25, -0.2) is 0 Å². The van der Waals surface area contributed by atoms with Crippen LogP contribution in [0.4, 0.5) is 17.1 Å². The molecule has 0 amide bonds. The molecule has 5 aliphatic rings. The van der Waals surface area contributed by atoms with E-state index in [1.165, 1.54) is 65.1 Å². The predicted molar refractivity (Wildman–Crippen MR) is 215 cm³/mol. The van der Waals surface area contributed by atoms with Gasteiger partial charge in [-0.05, 0) is 148 Å². The van der Waals surface area contributed by atoms with Crippen LogP contribution in [0.3, 0.4) is 0 Å². The third kappa shape index (κ3) is 4.01. The first-order valence-electron chi connectivity index (χ1n) is 19.3. The molecule has 13 rings (SSSR count). The number of para-hydroxylation sites is 1. The van der Waals surface area contributed by atoms with Crippen LogP contribution in [0.25, 0.3) is 55.0 Å². The van der Waals surface area contributed by atoms with Crippen molar-refractivity contribution in [3.05, 3.63) is 163 Å². The Kier molecular flexibility index (Phi) is 5.98. The smallest absolute Gasteiger partial charge is 0.137 e. The zero-order chi connectivity index (χ0) is 34.0. The summed E-state index contributed by atoms with van der Waals surface area (Å²) >= 11 is 0. The maximum Gasteiger partial charge on any atom is 0.137 e. The largest absolute Gasteiger partial charge is 0.456 e. The van der Waals surface area contributed by atoms with E-state index in [1.54, 1.807) is 11.1 Å². The van der Waals surface area contributed by atoms with Crippen LogP contribution in [0.2, 0.25) is 0 Å². The Labute approximate surface area is 304 Å². The van der Waals surface area contributed by atoms with Gasteiger partial charge in [-0.3, -0.25) is 0 Å². The van der Waals surface area contributed by atoms with Crippen LogP contribution in [0.1, 0.15) is 43.2 Å². The molecular formula is C50H39NO. The molecule has 7 aromatic carbocycles. The number of hydrogen-bond donors (Lipinski definition) is 0. The summed E-state index contributed by atoms with van der Waals surface area (Å²) in [5.74, 6) is 3.49. The lowest BCUT2D eigenvalue weighted by Crippen LogP contribution is -2.55. The van der Waals surface area contributed by atoms with Crippen LogP contribution in [0.15, 0.2) is 156 Å². The minimum Gasteiger partial charge on any atom is -0.456 e. The van der Waals surface area contributed by atoms with E-state index in [9.17, 15) is 0 Å². The van der Waals surface area contributed by atoms with E-state index in [0.29, 0.717) is 0 Å². The van der Waals surface area contributed by atoms with Crippen LogP contribution < -0.4 is 4.90 Å². The number of benzene rings is 7. The highest BCUT2D eigenvalue weighted by Gasteiger charge is 2.61. The van der Waals surface area contributed by atoms with E-state index in [0.717, 1.165) is 62.7 Å². The van der Waals surface area contributed by atoms with Crippen molar-refractivity contribution in [2.45, 2.75) is 37.5 Å². The summed E-state index contributed by atoms with van der Waals surface area (Å²) in [6.07, 6.45) is 7.16. The highest BCUT2D eigenvalue weighted by atomic mass is 16.3. The van der Waals surface area contributed by atoms with Crippen molar-refractivity contribution < 1.29 is 4.42 Å². The number of nitrogens with zero attached hydrogens (tertiary/aromatic N) is 1. The Balaban J connectivity index is 0.961. The van der Waals surface area contributed by atoms with Gasteiger partial charge in [-0.1, -0.05) is 97.1 Å². The monoisotopic (exact) mass is 669 g/mol. The average molecular weight is 670 g/mol. The Morgan fingerprint density at radius 1 is 0.442 bits per heavy atom. The van der Waals surface area contributed by atoms with Gasteiger partial charge in [0.2, 0.25) is 0 Å². The van der Waals surface area contributed by atoms with E-state index in [4.69, 9.17) is 4.42 Å². The highest BCUT2D eigenvalue weighted by molar-refractivity contribution is 6.06. The van der Waals surface area contributed by atoms with Crippen molar-refractivity contribution in [1.29, 1.82) is 0 Å². The lowest BCUT2D eigenvalue weighted by atomic mass is 9.43. The zero-order valence-corrected chi connectivity index (χ0v) is 29.1. The first kappa shape index (κ1) is 29.0. The summed E-state index contributed by atoms with van der Waals surface area (Å²) in [4.78, 5) is 2.36. The molecule has 1 aromatic heterocycles. The molecule has 0 N–H and O–H groups in total. The molecule has 1 spiro atoms. The summed E-state index contributed by atoms with van der Waals surface area (Å²) in [7, 11) is 0. The van der Waals surface area contributed by atoms with Crippen molar-refractivity contribution in [1.82, 2.24) is 0 Å². The Morgan fingerprint density at radius 3 is 1.92 bits per heavy atom. The molecule has 4 saturated carbocycles. The summed E-state index contributed by atoms with van der Waals surface area (Å²) in [5.41, 5.74) is 14.1. The van der Waals surface area contributed by atoms with Crippen LogP contribution in [0.5, 0.6) is 0 Å². The second kappa shape index (κ2) is 10.7. The second-order valence-electron chi connectivity index (χ2n) is 16.2. The van der Waals surface area contributed by atoms with Crippen LogP contribution in [-0.4, -0.2) is 0 Å². The first-order chi connectivity index (χ1) is 25.7. The quantitative estimate of drug-likeness (QED) is 0.185. The van der Waals surface area contributed by atoms with Crippen LogP contribution in [-0.2, 0) is 5.41 Å². The molecule has 0 radical (unpaired) electrons. The summed E-state index contributed by atoms with van der Waals surface area (Å²) in [6.45, 7) is 0. The van der Waals surface area contributed by atoms with Gasteiger partial charge in [0.25, 0.3) is 0 Å². The van der Waals surface area contributed by atoms with Gasteiger partial charge in [0.15, 0.2) is 0 Å². The Bertz CT molecular complexity index is 2690. The van der Waals surface area contributed by atoms with E-state index in [2.05, 4.69) is 150 Å². The van der Waals surface area contributed by atoms with Crippen molar-refractivity contribution in [3.63, 3.8) is 0 Å². The predicted octanol–water partition coefficient (Wildman–Crippen LogP) is 13.6. The van der Waals surface area contributed by atoms with Gasteiger partial charge >= 0.3 is 0 Å². The fraction of sp³-hybridized carbons (Fsp3) is 0.200. The van der Waals surface area contributed by atoms with E-state index < -0.39 is 0 Å². The number of furan rings is 1. The lowest BCUT2D eigenvalue weighted by molar-refractivity contribution is -0.0399. The van der Waals surface area contributed by atoms with Gasteiger partial charge in [0.05, 0.1) is 0 Å². The maximum atomic E-state index is 6.37. The molecule has 8 aromatic rings. The lowest BCUT2D eigenvalue weighted by Gasteiger charge is -2.61. The standard InChI is InChI=1S/C50H39NO/c1-2-8-35-28-40(19-15-33(35)7-1)51(41-20-21-44-43-10-4-6-12-48(43)52-49(44)30-41)39-17-13-34(14-18-39)36-16-22-47-45(29-36)42-9-3-5-11-46(42)50(47)37-24-31-23-32(26-37)27-38(50)25-31/h1-22,28-32,37-38H,23-27H2. The molecule has 0 unspecified atom stereocenters. The molecule has 4 bridgehead atoms. The minimum atomic E-state index is 0.211. The SMILES string of the molecule is c1ccc2c(c1)-c1cc(-c3ccc(N(c4ccc5ccccc5c4)c4ccc5c(c4)oc4ccccc45)cc3)ccc1C21C2CC3CC(C2)CC1C3. The number of hydrogen-bond acceptors (Lipinski definition) is 2. The van der Waals surface area contributed by atoms with Gasteiger partial charge in [-0.15, -0.1) is 0 Å². The molecule has 0 atom stereocenters. The fourth-order valence-electron chi connectivity index (χ4n) is 11.8. The molecule has 1 heterocycles. The van der Waals surface area contributed by atoms with Gasteiger partial charge < -0.3 is 9.32 Å². The third-order valence-electron chi connectivity index (χ3n) is 13.6. The van der Waals surface area contributed by atoms with E-state index in [-0.39, 0.29) is 5.41 Å². The topological polar surface area (TPSA) is 16.4 Å². The Morgan fingerprint density at radius 2 is 1.08 bits per heavy atom. The first-order valence-corrected chi connectivity index (χ1v) is 19.3. The maximum absolute atomic E-state index is 6.37. The normalized spacial score (nSPS) is 23.8. The molecule has 2 nitrogen and oxygen atoms in total. The molecule has 0 aliphatic heterocycles. The summed E-state index contributed by atoms with van der Waals surface area (Å²) in [5, 5.41) is 4.75. The van der Waals surface area contributed by atoms with Gasteiger partial charge in [0, 0.05) is 39.3 Å². The summed E-state index contributed by atoms with van der Waals surface area (Å²) < 4.78 is 6.37. The third-order valence-corrected chi connectivity index (χ3v) is 13.6. The molecule has 4 fully saturated rings. The number of rotatable bonds is 4. The minimum absolute atomic E-state index is 0.211. The van der Waals surface area contributed by atoms with Gasteiger partial charge in [0.1, 0.15) is 11.2 Å². The van der Waals surface area contributed by atoms with Crippen LogP contribution >= 0.6 is 0 Å². The van der Waals surface area contributed by atoms with Crippen molar-refractivity contribution >= 4 is 49.8 Å². The Hall–Kier alpha value is -5.60. The molecule has 2 heteroatoms. The zero-order valence-electron chi connectivity index (χ0n) is 29.1. The van der Waals surface area contributed by atoms with E-state index in [1.807, 2.05) is 6.07 Å². The molecule has 5 aliphatic carbocycles. The number of fused-ring (bicyclic) bond motifs is 7. The molecular weight excluding hydrogens is 631 g/mol. The van der Waals surface area contributed by atoms with Crippen LogP contribution in [0, 0.1) is 23.7 Å². The molecule has 0 saturated heterocycles. The van der Waals surface area contributed by atoms with Crippen molar-refractivity contribution in [2.75, 3.05) is 4.90 Å². The van der Waals surface area contributed by atoms with Crippen molar-refractivity contribution in [2.24, 2.45) is 23.7 Å². The highest BCUT2D eigenvalue weighted by Crippen LogP contribution is 2.69. The molecule has 52 heavy (non-hydrogen) atoms. The molecule has 250 valence electrons. The van der Waals surface area contributed by atoms with Gasteiger partial charge in [-0.2, -0.15) is 0 Å². The average Bonchev–Trinajstić information content (AvgIpc) is 3.70. The summed E-state index contributed by atoms with van der Waals surface area (Å²) in [6, 6.07) is 56.4. The van der Waals surface area contributed by atoms with Crippen molar-refractivity contribution in [3.8, 4) is 22.3 Å².